The Bertz CT molecular complexity index is 420. The van der Waals surface area contributed by atoms with Crippen molar-refractivity contribution in [3.63, 3.8) is 0 Å². The fraction of sp³-hybridized carbons (Fsp3) is 0.600. The molecular formula is C15H23N3. The molecular weight excluding hydrogens is 222 g/mol. The van der Waals surface area contributed by atoms with E-state index < -0.39 is 0 Å². The SMILES string of the molecule is CC(C)N1CCN(c2ccc3c(c2)CNC3)CC1. The Labute approximate surface area is 110 Å². The van der Waals surface area contributed by atoms with E-state index in [9.17, 15) is 0 Å². The second kappa shape index (κ2) is 4.90. The van der Waals surface area contributed by atoms with E-state index in [1.54, 1.807) is 0 Å². The Hall–Kier alpha value is -1.06. The largest absolute Gasteiger partial charge is 0.369 e. The first-order chi connectivity index (χ1) is 8.74. The van der Waals surface area contributed by atoms with Crippen LogP contribution in [0.25, 0.3) is 0 Å². The Morgan fingerprint density at radius 2 is 1.72 bits per heavy atom. The minimum Gasteiger partial charge on any atom is -0.369 e. The van der Waals surface area contributed by atoms with Gasteiger partial charge in [-0.25, -0.2) is 0 Å². The zero-order valence-electron chi connectivity index (χ0n) is 11.4. The third kappa shape index (κ3) is 2.25. The lowest BCUT2D eigenvalue weighted by Gasteiger charge is -2.38. The summed E-state index contributed by atoms with van der Waals surface area (Å²) >= 11 is 0. The maximum atomic E-state index is 3.41. The smallest absolute Gasteiger partial charge is 0.0370 e. The molecule has 0 unspecified atom stereocenters. The molecule has 0 bridgehead atoms. The summed E-state index contributed by atoms with van der Waals surface area (Å²) in [6.07, 6.45) is 0. The molecule has 98 valence electrons. The van der Waals surface area contributed by atoms with Gasteiger partial charge in [-0.1, -0.05) is 6.07 Å². The van der Waals surface area contributed by atoms with E-state index in [-0.39, 0.29) is 0 Å². The first kappa shape index (κ1) is 12.0. The Balaban J connectivity index is 1.69. The van der Waals surface area contributed by atoms with Crippen LogP contribution in [0.2, 0.25) is 0 Å². The van der Waals surface area contributed by atoms with Gasteiger partial charge in [0.1, 0.15) is 0 Å². The summed E-state index contributed by atoms with van der Waals surface area (Å²) in [5.74, 6) is 0. The molecule has 2 heterocycles. The van der Waals surface area contributed by atoms with Gasteiger partial charge in [0.25, 0.3) is 0 Å². The van der Waals surface area contributed by atoms with Gasteiger partial charge in [-0.2, -0.15) is 0 Å². The fourth-order valence-electron chi connectivity index (χ4n) is 2.97. The van der Waals surface area contributed by atoms with Gasteiger partial charge in [-0.3, -0.25) is 4.90 Å². The monoisotopic (exact) mass is 245 g/mol. The molecule has 3 rings (SSSR count). The van der Waals surface area contributed by atoms with Gasteiger partial charge in [-0.15, -0.1) is 0 Å². The second-order valence-electron chi connectivity index (χ2n) is 5.67. The highest BCUT2D eigenvalue weighted by atomic mass is 15.3. The molecule has 1 saturated heterocycles. The minimum absolute atomic E-state index is 0.677. The number of rotatable bonds is 2. The highest BCUT2D eigenvalue weighted by Crippen LogP contribution is 2.24. The van der Waals surface area contributed by atoms with E-state index in [4.69, 9.17) is 0 Å². The molecule has 2 aliphatic rings. The van der Waals surface area contributed by atoms with E-state index in [2.05, 4.69) is 47.2 Å². The predicted octanol–water partition coefficient (Wildman–Crippen LogP) is 1.82. The van der Waals surface area contributed by atoms with Crippen LogP contribution in [0.5, 0.6) is 0 Å². The van der Waals surface area contributed by atoms with Gasteiger partial charge in [0.05, 0.1) is 0 Å². The van der Waals surface area contributed by atoms with Gasteiger partial charge in [-0.05, 0) is 37.1 Å². The molecule has 0 aromatic heterocycles. The van der Waals surface area contributed by atoms with Crippen LogP contribution in [0.4, 0.5) is 5.69 Å². The predicted molar refractivity (Wildman–Crippen MR) is 75.9 cm³/mol. The third-order valence-corrected chi connectivity index (χ3v) is 4.23. The Morgan fingerprint density at radius 1 is 1.00 bits per heavy atom. The molecule has 3 nitrogen and oxygen atoms in total. The topological polar surface area (TPSA) is 18.5 Å². The molecule has 0 spiro atoms. The van der Waals surface area contributed by atoms with Crippen LogP contribution in [-0.4, -0.2) is 37.1 Å². The number of anilines is 1. The molecule has 0 amide bonds. The summed E-state index contributed by atoms with van der Waals surface area (Å²) in [6.45, 7) is 11.3. The standard InChI is InChI=1S/C15H23N3/c1-12(2)17-5-7-18(8-6-17)15-4-3-13-10-16-11-14(13)9-15/h3-4,9,12,16H,5-8,10-11H2,1-2H3. The highest BCUT2D eigenvalue weighted by Gasteiger charge is 2.20. The molecule has 18 heavy (non-hydrogen) atoms. The van der Waals surface area contributed by atoms with Crippen LogP contribution in [0.15, 0.2) is 18.2 Å². The van der Waals surface area contributed by atoms with E-state index in [1.807, 2.05) is 0 Å². The average Bonchev–Trinajstić information content (AvgIpc) is 2.86. The van der Waals surface area contributed by atoms with Crippen molar-refractivity contribution in [2.75, 3.05) is 31.1 Å². The summed E-state index contributed by atoms with van der Waals surface area (Å²) in [5, 5.41) is 3.41. The van der Waals surface area contributed by atoms with Gasteiger partial charge in [0.15, 0.2) is 0 Å². The van der Waals surface area contributed by atoms with Crippen LogP contribution in [0, 0.1) is 0 Å². The van der Waals surface area contributed by atoms with E-state index in [0.717, 1.165) is 26.2 Å². The van der Waals surface area contributed by atoms with Crippen molar-refractivity contribution in [2.24, 2.45) is 0 Å². The molecule has 3 heteroatoms. The number of hydrogen-bond acceptors (Lipinski definition) is 3. The van der Waals surface area contributed by atoms with Crippen molar-refractivity contribution in [2.45, 2.75) is 33.0 Å². The fourth-order valence-corrected chi connectivity index (χ4v) is 2.97. The third-order valence-electron chi connectivity index (χ3n) is 4.23. The zero-order valence-corrected chi connectivity index (χ0v) is 11.4. The quantitative estimate of drug-likeness (QED) is 0.857. The highest BCUT2D eigenvalue weighted by molar-refractivity contribution is 5.52. The molecule has 2 aliphatic heterocycles. The van der Waals surface area contributed by atoms with E-state index in [0.29, 0.717) is 6.04 Å². The van der Waals surface area contributed by atoms with Crippen molar-refractivity contribution < 1.29 is 0 Å². The van der Waals surface area contributed by atoms with Crippen molar-refractivity contribution in [3.8, 4) is 0 Å². The maximum absolute atomic E-state index is 3.41. The summed E-state index contributed by atoms with van der Waals surface area (Å²) in [7, 11) is 0. The minimum atomic E-state index is 0.677. The van der Waals surface area contributed by atoms with Crippen LogP contribution >= 0.6 is 0 Å². The lowest BCUT2D eigenvalue weighted by atomic mass is 10.1. The number of piperazine rings is 1. The van der Waals surface area contributed by atoms with Crippen molar-refractivity contribution >= 4 is 5.69 Å². The van der Waals surface area contributed by atoms with Gasteiger partial charge >= 0.3 is 0 Å². The maximum Gasteiger partial charge on any atom is 0.0370 e. The molecule has 0 aliphatic carbocycles. The summed E-state index contributed by atoms with van der Waals surface area (Å²) in [6, 6.07) is 7.63. The lowest BCUT2D eigenvalue weighted by molar-refractivity contribution is 0.209. The number of nitrogens with zero attached hydrogens (tertiary/aromatic N) is 2. The average molecular weight is 245 g/mol. The van der Waals surface area contributed by atoms with E-state index >= 15 is 0 Å². The first-order valence-corrected chi connectivity index (χ1v) is 7.05. The normalized spacial score (nSPS) is 20.5. The molecule has 1 aromatic carbocycles. The molecule has 0 atom stereocenters. The van der Waals surface area contributed by atoms with Gasteiger partial charge < -0.3 is 10.2 Å². The number of hydrogen-bond donors (Lipinski definition) is 1. The number of benzene rings is 1. The summed E-state index contributed by atoms with van der Waals surface area (Å²) in [5.41, 5.74) is 4.36. The zero-order chi connectivity index (χ0) is 12.5. The van der Waals surface area contributed by atoms with Crippen LogP contribution in [-0.2, 0) is 13.1 Å². The second-order valence-corrected chi connectivity index (χ2v) is 5.67. The molecule has 1 fully saturated rings. The summed E-state index contributed by atoms with van der Waals surface area (Å²) in [4.78, 5) is 5.09. The molecule has 0 radical (unpaired) electrons. The molecule has 0 saturated carbocycles. The Morgan fingerprint density at radius 3 is 2.44 bits per heavy atom. The Kier molecular flexibility index (Phi) is 3.27. The van der Waals surface area contributed by atoms with E-state index in [1.165, 1.54) is 29.9 Å². The van der Waals surface area contributed by atoms with Crippen LogP contribution in [0.1, 0.15) is 25.0 Å². The molecule has 1 aromatic rings. The first-order valence-electron chi connectivity index (χ1n) is 7.05. The van der Waals surface area contributed by atoms with Gasteiger partial charge in [0, 0.05) is 51.0 Å². The van der Waals surface area contributed by atoms with Crippen molar-refractivity contribution in [1.29, 1.82) is 0 Å². The summed E-state index contributed by atoms with van der Waals surface area (Å²) < 4.78 is 0. The van der Waals surface area contributed by atoms with Crippen LogP contribution < -0.4 is 10.2 Å². The number of fused-ring (bicyclic) bond motifs is 1. The van der Waals surface area contributed by atoms with Gasteiger partial charge in [0.2, 0.25) is 0 Å². The lowest BCUT2D eigenvalue weighted by Crippen LogP contribution is -2.48. The van der Waals surface area contributed by atoms with Crippen molar-refractivity contribution in [3.05, 3.63) is 29.3 Å². The van der Waals surface area contributed by atoms with Crippen LogP contribution in [0.3, 0.4) is 0 Å². The number of nitrogens with one attached hydrogen (secondary N) is 1. The molecule has 1 N–H and O–H groups in total. The van der Waals surface area contributed by atoms with Crippen molar-refractivity contribution in [1.82, 2.24) is 10.2 Å².